The lowest BCUT2D eigenvalue weighted by Gasteiger charge is -2.37. The number of rotatable bonds is 5. The fourth-order valence-electron chi connectivity index (χ4n) is 3.38. The number of furan rings is 1. The van der Waals surface area contributed by atoms with E-state index < -0.39 is 0 Å². The van der Waals surface area contributed by atoms with Gasteiger partial charge in [-0.1, -0.05) is 25.2 Å². The zero-order valence-electron chi connectivity index (χ0n) is 14.6. The molecular weight excluding hydrogens is 338 g/mol. The molecule has 7 nitrogen and oxygen atoms in total. The molecule has 0 saturated carbocycles. The first-order valence-corrected chi connectivity index (χ1v) is 9.60. The SMILES string of the molecule is CCc1nc2sc(C(c3ccco3)N3CCN(CC)CC3)c(O)n2n1. The summed E-state index contributed by atoms with van der Waals surface area (Å²) in [6, 6.07) is 3.77. The normalized spacial score (nSPS) is 18.2. The summed E-state index contributed by atoms with van der Waals surface area (Å²) < 4.78 is 7.27. The Balaban J connectivity index is 1.71. The summed E-state index contributed by atoms with van der Waals surface area (Å²) in [7, 11) is 0. The van der Waals surface area contributed by atoms with E-state index >= 15 is 0 Å². The van der Waals surface area contributed by atoms with Crippen LogP contribution >= 0.6 is 11.3 Å². The summed E-state index contributed by atoms with van der Waals surface area (Å²) in [6.45, 7) is 9.19. The maximum absolute atomic E-state index is 10.8. The van der Waals surface area contributed by atoms with Crippen molar-refractivity contribution in [2.24, 2.45) is 0 Å². The zero-order valence-corrected chi connectivity index (χ0v) is 15.4. The summed E-state index contributed by atoms with van der Waals surface area (Å²) in [6.07, 6.45) is 2.44. The molecule has 1 aliphatic rings. The highest BCUT2D eigenvalue weighted by Gasteiger charge is 2.33. The minimum Gasteiger partial charge on any atom is -0.492 e. The van der Waals surface area contributed by atoms with Crippen molar-refractivity contribution in [3.8, 4) is 5.88 Å². The first-order valence-electron chi connectivity index (χ1n) is 8.78. The van der Waals surface area contributed by atoms with Crippen molar-refractivity contribution in [1.82, 2.24) is 24.4 Å². The van der Waals surface area contributed by atoms with Crippen LogP contribution in [0.3, 0.4) is 0 Å². The largest absolute Gasteiger partial charge is 0.492 e. The maximum atomic E-state index is 10.8. The van der Waals surface area contributed by atoms with E-state index in [2.05, 4.69) is 26.8 Å². The van der Waals surface area contributed by atoms with Crippen LogP contribution in [0.1, 0.15) is 36.4 Å². The Kier molecular flexibility index (Phi) is 4.49. The Bertz CT molecular complexity index is 833. The number of aromatic nitrogens is 3. The molecule has 1 atom stereocenters. The minimum atomic E-state index is -0.104. The molecule has 134 valence electrons. The van der Waals surface area contributed by atoms with Gasteiger partial charge in [-0.25, -0.2) is 4.98 Å². The molecule has 1 unspecified atom stereocenters. The van der Waals surface area contributed by atoms with Crippen LogP contribution in [0.15, 0.2) is 22.8 Å². The van der Waals surface area contributed by atoms with E-state index in [9.17, 15) is 5.11 Å². The van der Waals surface area contributed by atoms with Crippen LogP contribution in [0.5, 0.6) is 5.88 Å². The van der Waals surface area contributed by atoms with Gasteiger partial charge in [-0.2, -0.15) is 4.52 Å². The van der Waals surface area contributed by atoms with Gasteiger partial charge >= 0.3 is 0 Å². The van der Waals surface area contributed by atoms with Gasteiger partial charge in [-0.05, 0) is 18.7 Å². The van der Waals surface area contributed by atoms with Crippen LogP contribution in [-0.4, -0.2) is 62.2 Å². The molecule has 0 radical (unpaired) electrons. The van der Waals surface area contributed by atoms with Gasteiger partial charge in [0.15, 0.2) is 5.82 Å². The van der Waals surface area contributed by atoms with Crippen molar-refractivity contribution in [1.29, 1.82) is 0 Å². The quantitative estimate of drug-likeness (QED) is 0.752. The number of thiazole rings is 1. The predicted octanol–water partition coefficient (Wildman–Crippen LogP) is 2.38. The fourth-order valence-corrected chi connectivity index (χ4v) is 4.49. The van der Waals surface area contributed by atoms with Gasteiger partial charge in [0.05, 0.1) is 11.1 Å². The number of hydrogen-bond acceptors (Lipinski definition) is 7. The predicted molar refractivity (Wildman–Crippen MR) is 96.1 cm³/mol. The Hall–Kier alpha value is -1.90. The van der Waals surface area contributed by atoms with Crippen LogP contribution in [0.2, 0.25) is 0 Å². The van der Waals surface area contributed by atoms with Crippen molar-refractivity contribution in [3.63, 3.8) is 0 Å². The molecule has 1 fully saturated rings. The van der Waals surface area contributed by atoms with Crippen LogP contribution in [0.25, 0.3) is 4.96 Å². The molecule has 25 heavy (non-hydrogen) atoms. The van der Waals surface area contributed by atoms with E-state index in [0.29, 0.717) is 0 Å². The molecule has 4 rings (SSSR count). The lowest BCUT2D eigenvalue weighted by Crippen LogP contribution is -2.47. The highest BCUT2D eigenvalue weighted by atomic mass is 32.1. The lowest BCUT2D eigenvalue weighted by atomic mass is 10.1. The Morgan fingerprint density at radius 2 is 2.08 bits per heavy atom. The second-order valence-corrected chi connectivity index (χ2v) is 7.26. The molecule has 1 saturated heterocycles. The fraction of sp³-hybridized carbons (Fsp3) is 0.529. The molecule has 0 aromatic carbocycles. The average molecular weight is 361 g/mol. The first kappa shape index (κ1) is 16.6. The summed E-state index contributed by atoms with van der Waals surface area (Å²) in [5.41, 5.74) is 0. The summed E-state index contributed by atoms with van der Waals surface area (Å²) in [5.74, 6) is 1.77. The zero-order chi connectivity index (χ0) is 17.4. The molecule has 0 aliphatic carbocycles. The van der Waals surface area contributed by atoms with E-state index in [-0.39, 0.29) is 11.9 Å². The van der Waals surface area contributed by atoms with Crippen LogP contribution in [0, 0.1) is 0 Å². The number of aromatic hydroxyl groups is 1. The van der Waals surface area contributed by atoms with Crippen LogP contribution < -0.4 is 0 Å². The lowest BCUT2D eigenvalue weighted by molar-refractivity contribution is 0.105. The number of nitrogens with zero attached hydrogens (tertiary/aromatic N) is 5. The molecule has 3 aromatic heterocycles. The molecule has 1 N–H and O–H groups in total. The second-order valence-electron chi connectivity index (χ2n) is 6.25. The molecule has 0 bridgehead atoms. The Morgan fingerprint density at radius 3 is 2.68 bits per heavy atom. The van der Waals surface area contributed by atoms with Crippen molar-refractivity contribution < 1.29 is 9.52 Å². The van der Waals surface area contributed by atoms with E-state index in [1.54, 1.807) is 10.8 Å². The third kappa shape index (κ3) is 2.94. The van der Waals surface area contributed by atoms with Gasteiger partial charge in [-0.3, -0.25) is 4.90 Å². The van der Waals surface area contributed by atoms with E-state index in [4.69, 9.17) is 4.42 Å². The van der Waals surface area contributed by atoms with E-state index in [1.165, 1.54) is 11.3 Å². The topological polar surface area (TPSA) is 70.0 Å². The first-order chi connectivity index (χ1) is 12.2. The highest BCUT2D eigenvalue weighted by Crippen LogP contribution is 2.40. The highest BCUT2D eigenvalue weighted by molar-refractivity contribution is 7.17. The van der Waals surface area contributed by atoms with E-state index in [1.807, 2.05) is 19.1 Å². The minimum absolute atomic E-state index is 0.104. The summed E-state index contributed by atoms with van der Waals surface area (Å²) in [4.78, 5) is 10.9. The number of hydrogen-bond donors (Lipinski definition) is 1. The average Bonchev–Trinajstić information content (AvgIpc) is 3.35. The number of fused-ring (bicyclic) bond motifs is 1. The molecule has 0 amide bonds. The van der Waals surface area contributed by atoms with Crippen molar-refractivity contribution in [2.45, 2.75) is 26.3 Å². The van der Waals surface area contributed by atoms with Crippen molar-refractivity contribution in [3.05, 3.63) is 34.9 Å². The number of likely N-dealkylation sites (N-methyl/N-ethyl adjacent to an activating group) is 1. The summed E-state index contributed by atoms with van der Waals surface area (Å²) in [5, 5.41) is 15.2. The maximum Gasteiger partial charge on any atom is 0.230 e. The van der Waals surface area contributed by atoms with Crippen molar-refractivity contribution >= 4 is 16.3 Å². The molecule has 0 spiro atoms. The van der Waals surface area contributed by atoms with Gasteiger partial charge in [0.2, 0.25) is 10.8 Å². The third-order valence-corrected chi connectivity index (χ3v) is 5.91. The number of aryl methyl sites for hydroxylation is 1. The number of piperazine rings is 1. The van der Waals surface area contributed by atoms with Gasteiger partial charge < -0.3 is 14.4 Å². The molecule has 3 aromatic rings. The standard InChI is InChI=1S/C17H23N5O2S/c1-3-13-18-17-22(19-13)16(23)15(25-17)14(12-6-5-11-24-12)21-9-7-20(4-2)8-10-21/h5-6,11,14,23H,3-4,7-10H2,1-2H3. The van der Waals surface area contributed by atoms with E-state index in [0.717, 1.165) is 60.6 Å². The van der Waals surface area contributed by atoms with Crippen LogP contribution in [-0.2, 0) is 6.42 Å². The Morgan fingerprint density at radius 1 is 1.28 bits per heavy atom. The second kappa shape index (κ2) is 6.78. The Labute approximate surface area is 150 Å². The smallest absolute Gasteiger partial charge is 0.230 e. The summed E-state index contributed by atoms with van der Waals surface area (Å²) >= 11 is 1.49. The molecule has 4 heterocycles. The van der Waals surface area contributed by atoms with Gasteiger partial charge in [0, 0.05) is 32.6 Å². The molecule has 8 heteroatoms. The van der Waals surface area contributed by atoms with Crippen molar-refractivity contribution in [2.75, 3.05) is 32.7 Å². The van der Waals surface area contributed by atoms with Gasteiger partial charge in [0.25, 0.3) is 0 Å². The molecule has 1 aliphatic heterocycles. The van der Waals surface area contributed by atoms with Crippen LogP contribution in [0.4, 0.5) is 0 Å². The van der Waals surface area contributed by atoms with Gasteiger partial charge in [-0.15, -0.1) is 5.10 Å². The third-order valence-electron chi connectivity index (χ3n) is 4.84. The van der Waals surface area contributed by atoms with Gasteiger partial charge in [0.1, 0.15) is 11.8 Å². The molecular formula is C17H23N5O2S. The monoisotopic (exact) mass is 361 g/mol.